The van der Waals surface area contributed by atoms with Gasteiger partial charge in [-0.25, -0.2) is 0 Å². The van der Waals surface area contributed by atoms with Crippen LogP contribution < -0.4 is 0 Å². The molecular formula is C15H15N3O. The Hall–Kier alpha value is -2.59. The smallest absolute Gasteiger partial charge is 0.264 e. The molecule has 0 heterocycles. The van der Waals surface area contributed by atoms with Crippen molar-refractivity contribution in [2.45, 2.75) is 13.8 Å². The van der Waals surface area contributed by atoms with Crippen LogP contribution in [0.15, 0.2) is 29.8 Å². The van der Waals surface area contributed by atoms with Gasteiger partial charge in [-0.15, -0.1) is 0 Å². The molecule has 0 fully saturated rings. The van der Waals surface area contributed by atoms with Crippen LogP contribution in [0.5, 0.6) is 0 Å². The Morgan fingerprint density at radius 2 is 1.79 bits per heavy atom. The highest BCUT2D eigenvalue weighted by Crippen LogP contribution is 2.10. The summed E-state index contributed by atoms with van der Waals surface area (Å²) in [5.74, 6) is -0.267. The average molecular weight is 253 g/mol. The van der Waals surface area contributed by atoms with Gasteiger partial charge in [0.05, 0.1) is 11.6 Å². The van der Waals surface area contributed by atoms with E-state index in [-0.39, 0.29) is 11.5 Å². The fourth-order valence-corrected chi connectivity index (χ4v) is 1.64. The highest BCUT2D eigenvalue weighted by atomic mass is 16.2. The lowest BCUT2D eigenvalue weighted by Crippen LogP contribution is -2.31. The second kappa shape index (κ2) is 6.98. The van der Waals surface area contributed by atoms with Gasteiger partial charge in [0.2, 0.25) is 0 Å². The second-order valence-electron chi connectivity index (χ2n) is 3.88. The summed E-state index contributed by atoms with van der Waals surface area (Å²) in [6.07, 6.45) is 1.54. The van der Waals surface area contributed by atoms with E-state index in [4.69, 9.17) is 10.5 Å². The van der Waals surface area contributed by atoms with Gasteiger partial charge >= 0.3 is 0 Å². The van der Waals surface area contributed by atoms with E-state index in [0.29, 0.717) is 18.7 Å². The molecule has 1 aromatic rings. The van der Waals surface area contributed by atoms with Gasteiger partial charge in [-0.1, -0.05) is 12.1 Å². The van der Waals surface area contributed by atoms with Gasteiger partial charge in [0.15, 0.2) is 0 Å². The van der Waals surface area contributed by atoms with E-state index in [1.165, 1.54) is 0 Å². The summed E-state index contributed by atoms with van der Waals surface area (Å²) in [6.45, 7) is 4.89. The number of benzene rings is 1. The van der Waals surface area contributed by atoms with E-state index in [0.717, 1.165) is 5.56 Å². The first-order valence-corrected chi connectivity index (χ1v) is 6.07. The Labute approximate surface area is 113 Å². The first-order valence-electron chi connectivity index (χ1n) is 6.07. The van der Waals surface area contributed by atoms with Crippen LogP contribution in [0, 0.1) is 22.7 Å². The lowest BCUT2D eigenvalue weighted by atomic mass is 10.1. The van der Waals surface area contributed by atoms with Crippen molar-refractivity contribution in [3.8, 4) is 12.1 Å². The number of hydrogen-bond acceptors (Lipinski definition) is 3. The molecule has 0 unspecified atom stereocenters. The van der Waals surface area contributed by atoms with Crippen LogP contribution in [-0.4, -0.2) is 23.9 Å². The molecule has 0 atom stereocenters. The van der Waals surface area contributed by atoms with Gasteiger partial charge in [0.25, 0.3) is 5.91 Å². The van der Waals surface area contributed by atoms with Crippen LogP contribution in [-0.2, 0) is 4.79 Å². The third kappa shape index (κ3) is 3.69. The minimum Gasteiger partial charge on any atom is -0.339 e. The molecule has 0 aliphatic heterocycles. The van der Waals surface area contributed by atoms with Crippen LogP contribution in [0.25, 0.3) is 6.08 Å². The summed E-state index contributed by atoms with van der Waals surface area (Å²) in [5.41, 5.74) is 1.38. The zero-order chi connectivity index (χ0) is 14.3. The predicted molar refractivity (Wildman–Crippen MR) is 72.7 cm³/mol. The van der Waals surface area contributed by atoms with E-state index in [9.17, 15) is 4.79 Å². The predicted octanol–water partition coefficient (Wildman–Crippen LogP) is 2.33. The Balaban J connectivity index is 3.02. The van der Waals surface area contributed by atoms with Gasteiger partial charge in [0.1, 0.15) is 11.6 Å². The number of hydrogen-bond donors (Lipinski definition) is 0. The first-order chi connectivity index (χ1) is 9.15. The van der Waals surface area contributed by atoms with Gasteiger partial charge < -0.3 is 4.90 Å². The molecule has 0 aliphatic rings. The van der Waals surface area contributed by atoms with E-state index in [1.54, 1.807) is 35.2 Å². The molecule has 0 N–H and O–H groups in total. The van der Waals surface area contributed by atoms with Crippen molar-refractivity contribution < 1.29 is 4.79 Å². The number of amides is 1. The molecule has 0 aliphatic carbocycles. The van der Waals surface area contributed by atoms with Crippen LogP contribution in [0.1, 0.15) is 25.0 Å². The molecule has 1 aromatic carbocycles. The Bertz CT molecular complexity index is 555. The molecular weight excluding hydrogens is 238 g/mol. The maximum absolute atomic E-state index is 12.0. The lowest BCUT2D eigenvalue weighted by molar-refractivity contribution is -0.126. The quantitative estimate of drug-likeness (QED) is 0.611. The van der Waals surface area contributed by atoms with Gasteiger partial charge in [-0.2, -0.15) is 10.5 Å². The molecule has 0 spiro atoms. The van der Waals surface area contributed by atoms with Crippen molar-refractivity contribution in [3.63, 3.8) is 0 Å². The van der Waals surface area contributed by atoms with Gasteiger partial charge in [0, 0.05) is 13.1 Å². The van der Waals surface area contributed by atoms with Crippen LogP contribution >= 0.6 is 0 Å². The number of carbonyl (C=O) groups excluding carboxylic acids is 1. The van der Waals surface area contributed by atoms with Crippen molar-refractivity contribution >= 4 is 12.0 Å². The van der Waals surface area contributed by atoms with Crippen LogP contribution in [0.2, 0.25) is 0 Å². The number of nitriles is 2. The van der Waals surface area contributed by atoms with Crippen molar-refractivity contribution in [2.24, 2.45) is 0 Å². The normalized spacial score (nSPS) is 10.4. The van der Waals surface area contributed by atoms with Crippen molar-refractivity contribution in [2.75, 3.05) is 13.1 Å². The third-order valence-electron chi connectivity index (χ3n) is 2.75. The highest BCUT2D eigenvalue weighted by Gasteiger charge is 2.14. The SMILES string of the molecule is CCN(CC)C(=O)C(C#N)=Cc1ccc(C#N)cc1. The largest absolute Gasteiger partial charge is 0.339 e. The van der Waals surface area contributed by atoms with E-state index in [2.05, 4.69) is 0 Å². The fraction of sp³-hybridized carbons (Fsp3) is 0.267. The number of rotatable bonds is 4. The van der Waals surface area contributed by atoms with Crippen molar-refractivity contribution in [1.82, 2.24) is 4.90 Å². The van der Waals surface area contributed by atoms with Crippen LogP contribution in [0.3, 0.4) is 0 Å². The van der Waals surface area contributed by atoms with Crippen molar-refractivity contribution in [1.29, 1.82) is 10.5 Å². The standard InChI is InChI=1S/C15H15N3O/c1-3-18(4-2)15(19)14(11-17)9-12-5-7-13(10-16)8-6-12/h5-9H,3-4H2,1-2H3. The Morgan fingerprint density at radius 3 is 2.21 bits per heavy atom. The maximum Gasteiger partial charge on any atom is 0.264 e. The summed E-state index contributed by atoms with van der Waals surface area (Å²) < 4.78 is 0. The zero-order valence-electron chi connectivity index (χ0n) is 11.1. The first kappa shape index (κ1) is 14.5. The minimum absolute atomic E-state index is 0.105. The third-order valence-corrected chi connectivity index (χ3v) is 2.75. The second-order valence-corrected chi connectivity index (χ2v) is 3.88. The topological polar surface area (TPSA) is 67.9 Å². The lowest BCUT2D eigenvalue weighted by Gasteiger charge is -2.17. The van der Waals surface area contributed by atoms with Gasteiger partial charge in [-0.05, 0) is 37.6 Å². The fourth-order valence-electron chi connectivity index (χ4n) is 1.64. The molecule has 0 bridgehead atoms. The Kier molecular flexibility index (Phi) is 5.32. The number of carbonyl (C=O) groups is 1. The van der Waals surface area contributed by atoms with E-state index >= 15 is 0 Å². The minimum atomic E-state index is -0.267. The molecule has 4 nitrogen and oxygen atoms in total. The van der Waals surface area contributed by atoms with E-state index in [1.807, 2.05) is 26.0 Å². The van der Waals surface area contributed by atoms with E-state index < -0.39 is 0 Å². The summed E-state index contributed by atoms with van der Waals surface area (Å²) in [5, 5.41) is 17.8. The molecule has 1 amide bonds. The molecule has 0 radical (unpaired) electrons. The zero-order valence-corrected chi connectivity index (χ0v) is 11.1. The summed E-state index contributed by atoms with van der Waals surface area (Å²) in [7, 11) is 0. The molecule has 0 saturated heterocycles. The summed E-state index contributed by atoms with van der Waals surface area (Å²) >= 11 is 0. The number of nitrogens with zero attached hydrogens (tertiary/aromatic N) is 3. The monoisotopic (exact) mass is 253 g/mol. The molecule has 4 heteroatoms. The van der Waals surface area contributed by atoms with Gasteiger partial charge in [-0.3, -0.25) is 4.79 Å². The molecule has 19 heavy (non-hydrogen) atoms. The van der Waals surface area contributed by atoms with Crippen molar-refractivity contribution in [3.05, 3.63) is 41.0 Å². The average Bonchev–Trinajstić information content (AvgIpc) is 2.46. The highest BCUT2D eigenvalue weighted by molar-refractivity contribution is 6.01. The Morgan fingerprint density at radius 1 is 1.21 bits per heavy atom. The summed E-state index contributed by atoms with van der Waals surface area (Å²) in [6, 6.07) is 10.7. The maximum atomic E-state index is 12.0. The molecule has 1 rings (SSSR count). The molecule has 0 aromatic heterocycles. The number of likely N-dealkylation sites (N-methyl/N-ethyl adjacent to an activating group) is 1. The molecule has 96 valence electrons. The van der Waals surface area contributed by atoms with Crippen LogP contribution in [0.4, 0.5) is 0 Å². The summed E-state index contributed by atoms with van der Waals surface area (Å²) in [4.78, 5) is 13.6. The molecule has 0 saturated carbocycles.